The van der Waals surface area contributed by atoms with Crippen LogP contribution in [0.2, 0.25) is 0 Å². The average molecular weight is 405 g/mol. The molecule has 0 spiro atoms. The van der Waals surface area contributed by atoms with Crippen molar-refractivity contribution < 1.29 is 27.4 Å². The minimum Gasteiger partial charge on any atom is -0.486 e. The van der Waals surface area contributed by atoms with Crippen LogP contribution in [0.3, 0.4) is 0 Å². The molecule has 0 unspecified atom stereocenters. The van der Waals surface area contributed by atoms with Crippen molar-refractivity contribution in [1.29, 1.82) is 0 Å². The van der Waals surface area contributed by atoms with E-state index in [1.54, 1.807) is 18.2 Å². The summed E-state index contributed by atoms with van der Waals surface area (Å²) in [5.74, 6) is 0.498. The summed E-state index contributed by atoms with van der Waals surface area (Å²) in [4.78, 5) is 11.9. The lowest BCUT2D eigenvalue weighted by atomic mass is 10.0. The van der Waals surface area contributed by atoms with Crippen molar-refractivity contribution in [1.82, 2.24) is 0 Å². The van der Waals surface area contributed by atoms with E-state index in [0.29, 0.717) is 36.3 Å². The minimum atomic E-state index is -4.03. The van der Waals surface area contributed by atoms with Gasteiger partial charge in [-0.05, 0) is 35.7 Å². The van der Waals surface area contributed by atoms with Gasteiger partial charge in [-0.15, -0.1) is 0 Å². The Hall–Kier alpha value is -2.74. The van der Waals surface area contributed by atoms with Crippen LogP contribution in [0.1, 0.15) is 25.3 Å². The van der Waals surface area contributed by atoms with Gasteiger partial charge in [-0.3, -0.25) is 9.10 Å². The molecule has 0 atom stereocenters. The molecule has 0 saturated carbocycles. The van der Waals surface area contributed by atoms with E-state index in [2.05, 4.69) is 0 Å². The second-order valence-electron chi connectivity index (χ2n) is 6.64. The van der Waals surface area contributed by atoms with Gasteiger partial charge in [0.25, 0.3) is 10.0 Å². The van der Waals surface area contributed by atoms with Gasteiger partial charge in [-0.1, -0.05) is 26.0 Å². The highest BCUT2D eigenvalue weighted by Gasteiger charge is 2.29. The van der Waals surface area contributed by atoms with Crippen LogP contribution in [0.4, 0.5) is 5.69 Å². The number of sulfonamides is 1. The Morgan fingerprint density at radius 2 is 1.71 bits per heavy atom. The minimum absolute atomic E-state index is 0.00795. The monoisotopic (exact) mass is 405 g/mol. The average Bonchev–Trinajstić information content (AvgIpc) is 2.71. The lowest BCUT2D eigenvalue weighted by Gasteiger charge is -2.25. The number of anilines is 1. The highest BCUT2D eigenvalue weighted by Crippen LogP contribution is 2.34. The summed E-state index contributed by atoms with van der Waals surface area (Å²) < 4.78 is 43.3. The third kappa shape index (κ3) is 4.06. The van der Waals surface area contributed by atoms with E-state index >= 15 is 0 Å². The maximum Gasteiger partial charge on any atom is 0.326 e. The first-order valence-electron chi connectivity index (χ1n) is 8.92. The molecule has 7 nitrogen and oxygen atoms in total. The largest absolute Gasteiger partial charge is 0.486 e. The summed E-state index contributed by atoms with van der Waals surface area (Å²) in [5.41, 5.74) is 1.45. The van der Waals surface area contributed by atoms with Gasteiger partial charge in [0, 0.05) is 6.07 Å². The second kappa shape index (κ2) is 8.10. The van der Waals surface area contributed by atoms with E-state index in [0.717, 1.165) is 9.87 Å². The summed E-state index contributed by atoms with van der Waals surface area (Å²) in [6.45, 7) is 4.42. The molecular weight excluding hydrogens is 382 g/mol. The van der Waals surface area contributed by atoms with Gasteiger partial charge in [0.2, 0.25) is 0 Å². The molecule has 0 radical (unpaired) electrons. The van der Waals surface area contributed by atoms with Crippen molar-refractivity contribution >= 4 is 21.7 Å². The molecule has 28 heavy (non-hydrogen) atoms. The fourth-order valence-corrected chi connectivity index (χ4v) is 4.26. The Labute approximate surface area is 164 Å². The number of hydrogen-bond donors (Lipinski definition) is 0. The molecule has 0 amide bonds. The molecule has 1 aliphatic rings. The summed E-state index contributed by atoms with van der Waals surface area (Å²) in [6.07, 6.45) is 0. The zero-order valence-corrected chi connectivity index (χ0v) is 16.9. The molecule has 0 aliphatic carbocycles. The smallest absolute Gasteiger partial charge is 0.326 e. The van der Waals surface area contributed by atoms with Crippen molar-refractivity contribution in [3.05, 3.63) is 48.0 Å². The highest BCUT2D eigenvalue weighted by atomic mass is 32.2. The Morgan fingerprint density at radius 1 is 1.07 bits per heavy atom. The van der Waals surface area contributed by atoms with Gasteiger partial charge in [0.1, 0.15) is 19.8 Å². The first-order chi connectivity index (χ1) is 13.3. The van der Waals surface area contributed by atoms with E-state index in [1.165, 1.54) is 19.2 Å². The van der Waals surface area contributed by atoms with Crippen molar-refractivity contribution in [2.45, 2.75) is 24.7 Å². The number of fused-ring (bicyclic) bond motifs is 1. The first kappa shape index (κ1) is 20.0. The van der Waals surface area contributed by atoms with Crippen LogP contribution < -0.4 is 13.8 Å². The number of hydrogen-bond acceptors (Lipinski definition) is 6. The number of nitrogens with zero attached hydrogens (tertiary/aromatic N) is 1. The highest BCUT2D eigenvalue weighted by molar-refractivity contribution is 7.92. The van der Waals surface area contributed by atoms with Crippen molar-refractivity contribution in [3.8, 4) is 11.5 Å². The van der Waals surface area contributed by atoms with E-state index < -0.39 is 22.5 Å². The van der Waals surface area contributed by atoms with Gasteiger partial charge in [0.05, 0.1) is 17.7 Å². The molecule has 2 aromatic rings. The lowest BCUT2D eigenvalue weighted by molar-refractivity contribution is -0.138. The van der Waals surface area contributed by atoms with Crippen LogP contribution in [0, 0.1) is 0 Å². The molecule has 0 fully saturated rings. The summed E-state index contributed by atoms with van der Waals surface area (Å²) >= 11 is 0. The number of methoxy groups -OCH3 is 1. The molecule has 0 saturated heterocycles. The van der Waals surface area contributed by atoms with Gasteiger partial charge in [-0.2, -0.15) is 0 Å². The van der Waals surface area contributed by atoms with E-state index in [9.17, 15) is 13.2 Å². The summed E-state index contributed by atoms with van der Waals surface area (Å²) in [6, 6.07) is 11.5. The van der Waals surface area contributed by atoms with E-state index in [-0.39, 0.29) is 4.90 Å². The fraction of sp³-hybridized carbons (Fsp3) is 0.350. The number of esters is 1. The van der Waals surface area contributed by atoms with Crippen molar-refractivity contribution in [3.63, 3.8) is 0 Å². The molecule has 8 heteroatoms. The quantitative estimate of drug-likeness (QED) is 0.688. The number of carbonyl (C=O) groups is 1. The Bertz CT molecular complexity index is 953. The second-order valence-corrected chi connectivity index (χ2v) is 8.50. The van der Waals surface area contributed by atoms with E-state index in [1.807, 2.05) is 26.0 Å². The van der Waals surface area contributed by atoms with Crippen LogP contribution in [0.5, 0.6) is 11.5 Å². The zero-order valence-electron chi connectivity index (χ0n) is 16.0. The SMILES string of the molecule is COC(=O)CN(c1ccc(C(C)C)cc1)S(=O)(=O)c1ccc2c(c1)OCCO2. The molecule has 3 rings (SSSR count). The van der Waals surface area contributed by atoms with Gasteiger partial charge in [-0.25, -0.2) is 8.42 Å². The molecule has 150 valence electrons. The molecule has 1 heterocycles. The normalized spacial score (nSPS) is 13.3. The Kier molecular flexibility index (Phi) is 5.79. The first-order valence-corrected chi connectivity index (χ1v) is 10.4. The fourth-order valence-electron chi connectivity index (χ4n) is 2.83. The third-order valence-corrected chi connectivity index (χ3v) is 6.22. The van der Waals surface area contributed by atoms with Crippen LogP contribution in [-0.4, -0.2) is 41.3 Å². The van der Waals surface area contributed by atoms with E-state index in [4.69, 9.17) is 14.2 Å². The Morgan fingerprint density at radius 3 is 2.32 bits per heavy atom. The predicted molar refractivity (Wildman–Crippen MR) is 105 cm³/mol. The number of carbonyl (C=O) groups excluding carboxylic acids is 1. The van der Waals surface area contributed by atoms with Crippen molar-refractivity contribution in [2.75, 3.05) is 31.2 Å². The van der Waals surface area contributed by atoms with Gasteiger partial charge < -0.3 is 14.2 Å². The Balaban J connectivity index is 2.02. The van der Waals surface area contributed by atoms with Crippen LogP contribution in [0.25, 0.3) is 0 Å². The maximum atomic E-state index is 13.3. The standard InChI is InChI=1S/C20H23NO6S/c1-14(2)15-4-6-16(7-5-15)21(13-20(22)25-3)28(23,24)17-8-9-18-19(12-17)27-11-10-26-18/h4-9,12,14H,10-11,13H2,1-3H3. The maximum absolute atomic E-state index is 13.3. The number of rotatable bonds is 6. The molecule has 0 aromatic heterocycles. The molecular formula is C20H23NO6S. The third-order valence-electron chi connectivity index (χ3n) is 4.45. The van der Waals surface area contributed by atoms with Gasteiger partial charge in [0.15, 0.2) is 11.5 Å². The predicted octanol–water partition coefficient (Wildman–Crippen LogP) is 2.95. The molecule has 0 N–H and O–H groups in total. The zero-order chi connectivity index (χ0) is 20.3. The summed E-state index contributed by atoms with van der Waals surface area (Å²) in [7, 11) is -2.81. The molecule has 0 bridgehead atoms. The van der Waals surface area contributed by atoms with Gasteiger partial charge >= 0.3 is 5.97 Å². The topological polar surface area (TPSA) is 82.1 Å². The van der Waals surface area contributed by atoms with Crippen molar-refractivity contribution in [2.24, 2.45) is 0 Å². The molecule has 2 aromatic carbocycles. The number of benzene rings is 2. The lowest BCUT2D eigenvalue weighted by Crippen LogP contribution is -2.36. The van der Waals surface area contributed by atoms with Crippen LogP contribution in [0.15, 0.2) is 47.4 Å². The summed E-state index contributed by atoms with van der Waals surface area (Å²) in [5, 5.41) is 0. The molecule has 1 aliphatic heterocycles. The number of ether oxygens (including phenoxy) is 3. The van der Waals surface area contributed by atoms with Crippen LogP contribution >= 0.6 is 0 Å². The van der Waals surface area contributed by atoms with Crippen LogP contribution in [-0.2, 0) is 19.6 Å².